The van der Waals surface area contributed by atoms with Gasteiger partial charge in [0, 0.05) is 36.8 Å². The Labute approximate surface area is 166 Å². The number of aromatic nitrogens is 1. The van der Waals surface area contributed by atoms with Crippen LogP contribution in [0.3, 0.4) is 0 Å². The lowest BCUT2D eigenvalue weighted by atomic mass is 10.0. The van der Waals surface area contributed by atoms with Crippen LogP contribution in [0.4, 0.5) is 10.5 Å². The number of likely N-dealkylation sites (N-methyl/N-ethyl adjacent to an activating group) is 1. The van der Waals surface area contributed by atoms with Gasteiger partial charge in [0.15, 0.2) is 6.29 Å². The first kappa shape index (κ1) is 19.2. The van der Waals surface area contributed by atoms with Crippen molar-refractivity contribution in [2.24, 2.45) is 0 Å². The van der Waals surface area contributed by atoms with Crippen LogP contribution in [0.2, 0.25) is 0 Å². The van der Waals surface area contributed by atoms with Crippen molar-refractivity contribution in [2.75, 3.05) is 25.0 Å². The predicted octanol–water partition coefficient (Wildman–Crippen LogP) is 2.81. The zero-order chi connectivity index (χ0) is 19.2. The number of hydrogen-bond donors (Lipinski definition) is 3. The molecule has 3 rings (SSSR count). The molecule has 0 aliphatic carbocycles. The van der Waals surface area contributed by atoms with E-state index < -0.39 is 11.9 Å². The van der Waals surface area contributed by atoms with Crippen molar-refractivity contribution < 1.29 is 19.7 Å². The average molecular weight is 473 g/mol. The maximum atomic E-state index is 12.1. The fourth-order valence-corrected chi connectivity index (χ4v) is 3.67. The minimum atomic E-state index is -1.53. The number of likely N-dealkylation sites (tertiary alicyclic amines) is 1. The third-order valence-electron chi connectivity index (χ3n) is 4.49. The van der Waals surface area contributed by atoms with Gasteiger partial charge in [-0.05, 0) is 61.6 Å². The molecule has 142 valence electrons. The van der Waals surface area contributed by atoms with Crippen LogP contribution in [0.25, 0.3) is 10.9 Å². The van der Waals surface area contributed by atoms with Gasteiger partial charge >= 0.3 is 6.09 Å². The summed E-state index contributed by atoms with van der Waals surface area (Å²) in [5.74, 6) is 0. The number of hydrogen-bond acceptors (Lipinski definition) is 5. The topological polar surface area (TPSA) is 89.0 Å². The Morgan fingerprint density at radius 2 is 2.04 bits per heavy atom. The van der Waals surface area contributed by atoms with E-state index in [-0.39, 0.29) is 12.1 Å². The van der Waals surface area contributed by atoms with E-state index in [0.29, 0.717) is 18.7 Å². The van der Waals surface area contributed by atoms with E-state index in [0.717, 1.165) is 20.3 Å². The monoisotopic (exact) mass is 473 g/mol. The van der Waals surface area contributed by atoms with Gasteiger partial charge in [-0.1, -0.05) is 0 Å². The lowest BCUT2D eigenvalue weighted by Crippen LogP contribution is -2.61. The fourth-order valence-electron chi connectivity index (χ4n) is 3.09. The largest absolute Gasteiger partial charge is 0.444 e. The Balaban J connectivity index is 1.77. The number of aromatic amines is 1. The van der Waals surface area contributed by atoms with Gasteiger partial charge in [-0.25, -0.2) is 4.79 Å². The van der Waals surface area contributed by atoms with Gasteiger partial charge in [0.25, 0.3) is 0 Å². The molecule has 1 aliphatic rings. The quantitative estimate of drug-likeness (QED) is 0.472. The van der Waals surface area contributed by atoms with Crippen molar-refractivity contribution in [1.29, 1.82) is 0 Å². The molecule has 1 aliphatic heterocycles. The smallest absolute Gasteiger partial charge is 0.410 e. The van der Waals surface area contributed by atoms with Crippen molar-refractivity contribution in [3.8, 4) is 0 Å². The van der Waals surface area contributed by atoms with E-state index >= 15 is 0 Å². The molecule has 0 unspecified atom stereocenters. The molecule has 7 nitrogen and oxygen atoms in total. The lowest BCUT2D eigenvalue weighted by Gasteiger charge is -2.45. The summed E-state index contributed by atoms with van der Waals surface area (Å²) in [6.07, 6.45) is -1.82. The van der Waals surface area contributed by atoms with Gasteiger partial charge < -0.3 is 29.7 Å². The van der Waals surface area contributed by atoms with Crippen LogP contribution in [0.15, 0.2) is 18.2 Å². The van der Waals surface area contributed by atoms with Crippen LogP contribution in [0, 0.1) is 3.70 Å². The third-order valence-corrected chi connectivity index (χ3v) is 5.07. The van der Waals surface area contributed by atoms with Crippen LogP contribution < -0.4 is 4.90 Å². The summed E-state index contributed by atoms with van der Waals surface area (Å²) in [6, 6.07) is 5.77. The first-order valence-electron chi connectivity index (χ1n) is 8.45. The number of halogens is 1. The van der Waals surface area contributed by atoms with Gasteiger partial charge in [0.1, 0.15) is 5.60 Å². The number of benzene rings is 1. The highest BCUT2D eigenvalue weighted by Gasteiger charge is 2.36. The number of carbonyl (C=O) groups is 1. The SMILES string of the molecule is CN(c1ccc(C(O)O)c2[nH]c(I)cc12)C1CN(C(=O)OC(C)(C)C)C1. The maximum absolute atomic E-state index is 12.1. The van der Waals surface area contributed by atoms with Crippen LogP contribution in [-0.2, 0) is 4.74 Å². The number of ether oxygens (including phenoxy) is 1. The van der Waals surface area contributed by atoms with Crippen molar-refractivity contribution >= 4 is 45.3 Å². The minimum Gasteiger partial charge on any atom is -0.444 e. The number of amides is 1. The first-order valence-corrected chi connectivity index (χ1v) is 9.52. The van der Waals surface area contributed by atoms with Crippen molar-refractivity contribution in [1.82, 2.24) is 9.88 Å². The average Bonchev–Trinajstić information content (AvgIpc) is 2.82. The molecule has 0 radical (unpaired) electrons. The molecule has 2 heterocycles. The standard InChI is InChI=1S/C18H24IN3O4/c1-18(2,3)26-17(25)22-8-10(9-22)21(4)13-6-5-11(16(23)24)15-12(13)7-14(19)20-15/h5-7,10,16,20,23-24H,8-9H2,1-4H3. The molecule has 2 aromatic rings. The predicted molar refractivity (Wildman–Crippen MR) is 108 cm³/mol. The van der Waals surface area contributed by atoms with Gasteiger partial charge in [0.05, 0.1) is 15.3 Å². The number of H-pyrrole nitrogens is 1. The summed E-state index contributed by atoms with van der Waals surface area (Å²) in [7, 11) is 1.99. The molecule has 1 aromatic heterocycles. The zero-order valence-corrected chi connectivity index (χ0v) is 17.4. The number of anilines is 1. The summed E-state index contributed by atoms with van der Waals surface area (Å²) in [5, 5.41) is 20.1. The normalized spacial score (nSPS) is 15.5. The zero-order valence-electron chi connectivity index (χ0n) is 15.3. The molecule has 3 N–H and O–H groups in total. The number of aliphatic hydroxyl groups excluding tert-OH is 1. The Hall–Kier alpha value is -1.52. The summed E-state index contributed by atoms with van der Waals surface area (Å²) in [6.45, 7) is 6.76. The molecule has 0 spiro atoms. The molecule has 1 aromatic carbocycles. The van der Waals surface area contributed by atoms with Crippen molar-refractivity contribution in [2.45, 2.75) is 38.7 Å². The molecule has 26 heavy (non-hydrogen) atoms. The third kappa shape index (κ3) is 3.77. The Morgan fingerprint density at radius 3 is 2.62 bits per heavy atom. The summed E-state index contributed by atoms with van der Waals surface area (Å²) in [4.78, 5) is 19.1. The number of nitrogens with one attached hydrogen (secondary N) is 1. The van der Waals surface area contributed by atoms with E-state index in [4.69, 9.17) is 4.74 Å². The van der Waals surface area contributed by atoms with E-state index in [1.165, 1.54) is 0 Å². The minimum absolute atomic E-state index is 0.183. The molecular weight excluding hydrogens is 449 g/mol. The lowest BCUT2D eigenvalue weighted by molar-refractivity contribution is -0.0414. The van der Waals surface area contributed by atoms with Crippen LogP contribution in [0.5, 0.6) is 0 Å². The highest BCUT2D eigenvalue weighted by atomic mass is 127. The van der Waals surface area contributed by atoms with Crippen molar-refractivity contribution in [3.05, 3.63) is 27.5 Å². The Bertz CT molecular complexity index is 822. The van der Waals surface area contributed by atoms with E-state index in [9.17, 15) is 15.0 Å². The number of fused-ring (bicyclic) bond motifs is 1. The molecule has 1 fully saturated rings. The molecule has 0 saturated carbocycles. The molecule has 0 bridgehead atoms. The Kier molecular flexibility index (Phi) is 5.11. The first-order chi connectivity index (χ1) is 12.1. The second kappa shape index (κ2) is 6.90. The summed E-state index contributed by atoms with van der Waals surface area (Å²) < 4.78 is 6.32. The van der Waals surface area contributed by atoms with Gasteiger partial charge in [-0.15, -0.1) is 0 Å². The highest BCUT2D eigenvalue weighted by molar-refractivity contribution is 14.1. The summed E-state index contributed by atoms with van der Waals surface area (Å²) in [5.41, 5.74) is 1.65. The molecule has 8 heteroatoms. The molecule has 0 atom stereocenters. The molecule has 1 saturated heterocycles. The molecule has 1 amide bonds. The maximum Gasteiger partial charge on any atom is 0.410 e. The number of aliphatic hydroxyl groups is 2. The molecular formula is C18H24IN3O4. The van der Waals surface area contributed by atoms with Gasteiger partial charge in [-0.3, -0.25) is 0 Å². The van der Waals surface area contributed by atoms with E-state index in [1.807, 2.05) is 40.0 Å². The van der Waals surface area contributed by atoms with Crippen LogP contribution in [-0.4, -0.2) is 58.0 Å². The number of rotatable bonds is 3. The van der Waals surface area contributed by atoms with Crippen LogP contribution >= 0.6 is 22.6 Å². The Morgan fingerprint density at radius 1 is 1.38 bits per heavy atom. The second-order valence-electron chi connectivity index (χ2n) is 7.60. The number of carbonyl (C=O) groups excluding carboxylic acids is 1. The van der Waals surface area contributed by atoms with E-state index in [2.05, 4.69) is 32.5 Å². The fraction of sp³-hybridized carbons (Fsp3) is 0.500. The van der Waals surface area contributed by atoms with E-state index in [1.54, 1.807) is 11.0 Å². The highest BCUT2D eigenvalue weighted by Crippen LogP contribution is 2.34. The summed E-state index contributed by atoms with van der Waals surface area (Å²) >= 11 is 2.17. The van der Waals surface area contributed by atoms with Crippen molar-refractivity contribution in [3.63, 3.8) is 0 Å². The van der Waals surface area contributed by atoms with Gasteiger partial charge in [-0.2, -0.15) is 0 Å². The number of nitrogens with zero attached hydrogens (tertiary/aromatic N) is 2. The van der Waals surface area contributed by atoms with Crippen LogP contribution in [0.1, 0.15) is 32.6 Å². The second-order valence-corrected chi connectivity index (χ2v) is 8.77. The van der Waals surface area contributed by atoms with Gasteiger partial charge in [0.2, 0.25) is 0 Å².